The largest absolute Gasteiger partial charge is 0.493 e. The van der Waals surface area contributed by atoms with Gasteiger partial charge in [0.2, 0.25) is 0 Å². The van der Waals surface area contributed by atoms with Crippen LogP contribution < -0.4 is 4.74 Å². The molecule has 5 heteroatoms. The van der Waals surface area contributed by atoms with Gasteiger partial charge in [0.25, 0.3) is 0 Å². The van der Waals surface area contributed by atoms with Gasteiger partial charge < -0.3 is 14.0 Å². The van der Waals surface area contributed by atoms with E-state index in [9.17, 15) is 0 Å². The minimum atomic E-state index is 0.265. The monoisotopic (exact) mass is 421 g/mol. The maximum atomic E-state index is 6.25. The first-order chi connectivity index (χ1) is 15.0. The highest BCUT2D eigenvalue weighted by molar-refractivity contribution is 5.76. The van der Waals surface area contributed by atoms with Gasteiger partial charge in [-0.05, 0) is 55.5 Å². The third kappa shape index (κ3) is 4.94. The number of morpholine rings is 1. The first-order valence-corrected chi connectivity index (χ1v) is 11.5. The lowest BCUT2D eigenvalue weighted by Crippen LogP contribution is -2.39. The van der Waals surface area contributed by atoms with Crippen LogP contribution in [0.25, 0.3) is 11.0 Å². The highest BCUT2D eigenvalue weighted by Gasteiger charge is 2.24. The molecule has 0 spiro atoms. The molecule has 2 heterocycles. The van der Waals surface area contributed by atoms with Crippen LogP contribution in [-0.4, -0.2) is 47.4 Å². The highest BCUT2D eigenvalue weighted by atomic mass is 16.5. The molecule has 1 atom stereocenters. The van der Waals surface area contributed by atoms with Crippen LogP contribution in [0.4, 0.5) is 0 Å². The van der Waals surface area contributed by atoms with E-state index < -0.39 is 0 Å². The summed E-state index contributed by atoms with van der Waals surface area (Å²) in [6.07, 6.45) is 0.939. The molecule has 0 bridgehead atoms. The summed E-state index contributed by atoms with van der Waals surface area (Å²) in [6, 6.07) is 15.2. The average molecular weight is 422 g/mol. The number of fused-ring (bicyclic) bond motifs is 1. The van der Waals surface area contributed by atoms with Crippen LogP contribution in [0.1, 0.15) is 56.1 Å². The second kappa shape index (κ2) is 9.84. The fourth-order valence-corrected chi connectivity index (χ4v) is 4.42. The summed E-state index contributed by atoms with van der Waals surface area (Å²) < 4.78 is 14.2. The number of imidazole rings is 1. The number of aryl methyl sites for hydroxylation is 2. The molecule has 1 aliphatic heterocycles. The highest BCUT2D eigenvalue weighted by Crippen LogP contribution is 2.28. The molecule has 0 saturated carbocycles. The molecule has 1 fully saturated rings. The third-order valence-electron chi connectivity index (χ3n) is 6.23. The van der Waals surface area contributed by atoms with Crippen molar-refractivity contribution < 1.29 is 9.47 Å². The quantitative estimate of drug-likeness (QED) is 0.461. The molecule has 1 unspecified atom stereocenters. The van der Waals surface area contributed by atoms with Crippen LogP contribution in [0.2, 0.25) is 0 Å². The number of benzene rings is 2. The third-order valence-corrected chi connectivity index (χ3v) is 6.23. The first-order valence-electron chi connectivity index (χ1n) is 11.5. The summed E-state index contributed by atoms with van der Waals surface area (Å²) in [7, 11) is 0. The average Bonchev–Trinajstić information content (AvgIpc) is 3.15. The van der Waals surface area contributed by atoms with Crippen molar-refractivity contribution >= 4 is 11.0 Å². The summed E-state index contributed by atoms with van der Waals surface area (Å²) in [5.41, 5.74) is 4.79. The van der Waals surface area contributed by atoms with E-state index in [-0.39, 0.29) is 6.04 Å². The van der Waals surface area contributed by atoms with Gasteiger partial charge in [0, 0.05) is 19.6 Å². The Morgan fingerprint density at radius 3 is 2.61 bits per heavy atom. The Balaban J connectivity index is 1.49. The maximum Gasteiger partial charge on any atom is 0.127 e. The molecule has 0 N–H and O–H groups in total. The first kappa shape index (κ1) is 21.8. The molecule has 1 aliphatic rings. The van der Waals surface area contributed by atoms with E-state index in [1.54, 1.807) is 0 Å². The van der Waals surface area contributed by atoms with E-state index in [0.29, 0.717) is 12.5 Å². The van der Waals surface area contributed by atoms with Crippen LogP contribution in [0, 0.1) is 6.92 Å². The molecular formula is C26H35N3O2. The molecule has 2 aromatic carbocycles. The minimum absolute atomic E-state index is 0.265. The molecular weight excluding hydrogens is 386 g/mol. The summed E-state index contributed by atoms with van der Waals surface area (Å²) in [4.78, 5) is 7.48. The summed E-state index contributed by atoms with van der Waals surface area (Å²) in [6.45, 7) is 13.9. The van der Waals surface area contributed by atoms with E-state index in [4.69, 9.17) is 14.5 Å². The van der Waals surface area contributed by atoms with Gasteiger partial charge in [-0.3, -0.25) is 4.90 Å². The predicted octanol–water partition coefficient (Wildman–Crippen LogP) is 5.33. The Morgan fingerprint density at radius 1 is 1.06 bits per heavy atom. The van der Waals surface area contributed by atoms with Crippen LogP contribution in [0.15, 0.2) is 42.5 Å². The summed E-state index contributed by atoms with van der Waals surface area (Å²) in [5.74, 6) is 2.61. The Bertz CT molecular complexity index is 1010. The Labute approximate surface area is 186 Å². The van der Waals surface area contributed by atoms with Gasteiger partial charge in [-0.15, -0.1) is 0 Å². The zero-order chi connectivity index (χ0) is 21.8. The van der Waals surface area contributed by atoms with Crippen molar-refractivity contribution in [2.75, 3.05) is 32.9 Å². The molecule has 1 aromatic heterocycles. The van der Waals surface area contributed by atoms with Crippen molar-refractivity contribution in [2.24, 2.45) is 0 Å². The molecule has 0 amide bonds. The number of nitrogens with zero attached hydrogens (tertiary/aromatic N) is 3. The minimum Gasteiger partial charge on any atom is -0.493 e. The Kier molecular flexibility index (Phi) is 6.93. The molecule has 3 aromatic rings. The fraction of sp³-hybridized carbons (Fsp3) is 0.500. The zero-order valence-electron chi connectivity index (χ0n) is 19.3. The van der Waals surface area contributed by atoms with Gasteiger partial charge in [0.1, 0.15) is 11.6 Å². The molecule has 31 heavy (non-hydrogen) atoms. The second-order valence-electron chi connectivity index (χ2n) is 8.83. The van der Waals surface area contributed by atoms with Gasteiger partial charge in [-0.2, -0.15) is 0 Å². The van der Waals surface area contributed by atoms with Gasteiger partial charge in [0.05, 0.1) is 36.9 Å². The standard InChI is InChI=1S/C26H35N3O2/c1-19(2)22-11-10-20(3)18-25(22)31-15-7-12-29-24-9-6-5-8-23(24)27-26(29)21(4)28-13-16-30-17-14-28/h5-6,8-11,18-19,21H,7,12-17H2,1-4H3. The van der Waals surface area contributed by atoms with Gasteiger partial charge >= 0.3 is 0 Å². The molecule has 0 radical (unpaired) electrons. The van der Waals surface area contributed by atoms with Crippen molar-refractivity contribution in [1.29, 1.82) is 0 Å². The van der Waals surface area contributed by atoms with Crippen LogP contribution in [0.5, 0.6) is 5.75 Å². The number of rotatable bonds is 8. The number of aromatic nitrogens is 2. The van der Waals surface area contributed by atoms with Crippen molar-refractivity contribution in [3.8, 4) is 5.75 Å². The normalized spacial score (nSPS) is 16.2. The van der Waals surface area contributed by atoms with Crippen molar-refractivity contribution in [2.45, 2.75) is 52.6 Å². The van der Waals surface area contributed by atoms with E-state index in [2.05, 4.69) is 79.6 Å². The van der Waals surface area contributed by atoms with Gasteiger partial charge in [-0.25, -0.2) is 4.98 Å². The number of ether oxygens (including phenoxy) is 2. The van der Waals surface area contributed by atoms with E-state index in [1.807, 2.05) is 0 Å². The predicted molar refractivity (Wildman–Crippen MR) is 126 cm³/mol. The number of hydrogen-bond donors (Lipinski definition) is 0. The lowest BCUT2D eigenvalue weighted by molar-refractivity contribution is 0.0175. The van der Waals surface area contributed by atoms with Crippen molar-refractivity contribution in [3.63, 3.8) is 0 Å². The van der Waals surface area contributed by atoms with Crippen molar-refractivity contribution in [3.05, 3.63) is 59.4 Å². The smallest absolute Gasteiger partial charge is 0.127 e. The number of hydrogen-bond acceptors (Lipinski definition) is 4. The molecule has 0 aliphatic carbocycles. The maximum absolute atomic E-state index is 6.25. The van der Waals surface area contributed by atoms with E-state index in [1.165, 1.54) is 16.6 Å². The Morgan fingerprint density at radius 2 is 1.84 bits per heavy atom. The van der Waals surface area contributed by atoms with Crippen LogP contribution in [0.3, 0.4) is 0 Å². The summed E-state index contributed by atoms with van der Waals surface area (Å²) >= 11 is 0. The van der Waals surface area contributed by atoms with Crippen LogP contribution >= 0.6 is 0 Å². The Hall–Kier alpha value is -2.37. The second-order valence-corrected chi connectivity index (χ2v) is 8.83. The lowest BCUT2D eigenvalue weighted by atomic mass is 10.0. The SMILES string of the molecule is Cc1ccc(C(C)C)c(OCCCn2c(C(C)N3CCOCC3)nc3ccccc32)c1. The van der Waals surface area contributed by atoms with E-state index >= 15 is 0 Å². The van der Waals surface area contributed by atoms with Crippen LogP contribution in [-0.2, 0) is 11.3 Å². The van der Waals surface area contributed by atoms with Gasteiger partial charge in [-0.1, -0.05) is 38.1 Å². The van der Waals surface area contributed by atoms with Gasteiger partial charge in [0.15, 0.2) is 0 Å². The molecule has 1 saturated heterocycles. The zero-order valence-corrected chi connectivity index (χ0v) is 19.3. The molecule has 4 rings (SSSR count). The van der Waals surface area contributed by atoms with E-state index in [0.717, 1.165) is 56.4 Å². The topological polar surface area (TPSA) is 39.5 Å². The lowest BCUT2D eigenvalue weighted by Gasteiger charge is -2.32. The van der Waals surface area contributed by atoms with Crippen molar-refractivity contribution in [1.82, 2.24) is 14.5 Å². The summed E-state index contributed by atoms with van der Waals surface area (Å²) in [5, 5.41) is 0. The molecule has 5 nitrogen and oxygen atoms in total. The number of para-hydroxylation sites is 2. The molecule has 166 valence electrons. The fourth-order valence-electron chi connectivity index (χ4n) is 4.42.